The number of allylic oxidation sites excluding steroid dienone is 1. The van der Waals surface area contributed by atoms with E-state index in [2.05, 4.69) is 36.5 Å². The summed E-state index contributed by atoms with van der Waals surface area (Å²) in [7, 11) is 1.81. The van der Waals surface area contributed by atoms with E-state index < -0.39 is 0 Å². The minimum atomic E-state index is 0.676. The van der Waals surface area contributed by atoms with E-state index in [1.807, 2.05) is 7.05 Å². The van der Waals surface area contributed by atoms with Gasteiger partial charge < -0.3 is 15.2 Å². The van der Waals surface area contributed by atoms with Crippen molar-refractivity contribution in [1.82, 2.24) is 25.4 Å². The van der Waals surface area contributed by atoms with Gasteiger partial charge in [0.05, 0.1) is 6.54 Å². The van der Waals surface area contributed by atoms with Crippen molar-refractivity contribution in [1.29, 1.82) is 0 Å². The Hall–Kier alpha value is -1.85. The van der Waals surface area contributed by atoms with Crippen LogP contribution in [-0.4, -0.2) is 34.3 Å². The fourth-order valence-corrected chi connectivity index (χ4v) is 3.20. The molecule has 1 aromatic rings. The maximum absolute atomic E-state index is 4.28. The van der Waals surface area contributed by atoms with Crippen LogP contribution >= 0.6 is 0 Å². The first kappa shape index (κ1) is 15.1. The van der Waals surface area contributed by atoms with E-state index in [1.54, 1.807) is 5.57 Å². The van der Waals surface area contributed by atoms with Gasteiger partial charge in [-0.25, -0.2) is 0 Å². The molecule has 0 unspecified atom stereocenters. The van der Waals surface area contributed by atoms with Gasteiger partial charge in [-0.3, -0.25) is 4.99 Å². The van der Waals surface area contributed by atoms with E-state index in [9.17, 15) is 0 Å². The quantitative estimate of drug-likeness (QED) is 0.494. The van der Waals surface area contributed by atoms with Gasteiger partial charge in [-0.1, -0.05) is 11.6 Å². The number of aliphatic imine (C=N–C) groups is 1. The molecule has 6 heteroatoms. The number of hydrogen-bond acceptors (Lipinski definition) is 3. The second-order valence-electron chi connectivity index (χ2n) is 6.00. The van der Waals surface area contributed by atoms with E-state index in [0.29, 0.717) is 6.54 Å². The molecule has 1 aromatic heterocycles. The molecule has 0 fully saturated rings. The van der Waals surface area contributed by atoms with Crippen molar-refractivity contribution in [2.45, 2.75) is 58.0 Å². The Bertz CT molecular complexity index is 557. The van der Waals surface area contributed by atoms with Gasteiger partial charge in [-0.05, 0) is 38.5 Å². The molecular weight excluding hydrogens is 276 g/mol. The second kappa shape index (κ2) is 7.42. The number of guanidine groups is 1. The van der Waals surface area contributed by atoms with Gasteiger partial charge in [-0.15, -0.1) is 10.2 Å². The SMILES string of the molecule is CN=C(NCCC1=CCCCC1)NCc1nnc2n1CCC2. The summed E-state index contributed by atoms with van der Waals surface area (Å²) >= 11 is 0. The summed E-state index contributed by atoms with van der Waals surface area (Å²) in [4.78, 5) is 4.28. The molecule has 0 radical (unpaired) electrons. The van der Waals surface area contributed by atoms with Crippen LogP contribution in [0, 0.1) is 0 Å². The molecule has 0 saturated carbocycles. The van der Waals surface area contributed by atoms with E-state index in [4.69, 9.17) is 0 Å². The molecule has 22 heavy (non-hydrogen) atoms. The highest BCUT2D eigenvalue weighted by atomic mass is 15.3. The maximum atomic E-state index is 4.28. The normalized spacial score (nSPS) is 18.0. The Morgan fingerprint density at radius 3 is 3.00 bits per heavy atom. The molecule has 0 saturated heterocycles. The summed E-state index contributed by atoms with van der Waals surface area (Å²) in [6.45, 7) is 2.65. The lowest BCUT2D eigenvalue weighted by molar-refractivity contribution is 0.653. The predicted molar refractivity (Wildman–Crippen MR) is 87.7 cm³/mol. The smallest absolute Gasteiger partial charge is 0.191 e. The molecule has 0 aromatic carbocycles. The van der Waals surface area contributed by atoms with Crippen molar-refractivity contribution in [3.05, 3.63) is 23.3 Å². The fraction of sp³-hybridized carbons (Fsp3) is 0.688. The molecule has 2 aliphatic rings. The fourth-order valence-electron chi connectivity index (χ4n) is 3.20. The highest BCUT2D eigenvalue weighted by Crippen LogP contribution is 2.19. The Morgan fingerprint density at radius 1 is 1.23 bits per heavy atom. The number of fused-ring (bicyclic) bond motifs is 1. The first-order valence-electron chi connectivity index (χ1n) is 8.40. The highest BCUT2D eigenvalue weighted by Gasteiger charge is 2.17. The molecule has 3 rings (SSSR count). The lowest BCUT2D eigenvalue weighted by Gasteiger charge is -2.15. The monoisotopic (exact) mass is 302 g/mol. The summed E-state index contributed by atoms with van der Waals surface area (Å²) in [6.07, 6.45) is 11.0. The van der Waals surface area contributed by atoms with Crippen molar-refractivity contribution in [3.63, 3.8) is 0 Å². The van der Waals surface area contributed by atoms with Crippen molar-refractivity contribution >= 4 is 5.96 Å². The maximum Gasteiger partial charge on any atom is 0.191 e. The van der Waals surface area contributed by atoms with Gasteiger partial charge in [0, 0.05) is 26.6 Å². The van der Waals surface area contributed by atoms with Crippen molar-refractivity contribution < 1.29 is 0 Å². The van der Waals surface area contributed by atoms with Gasteiger partial charge in [0.25, 0.3) is 0 Å². The highest BCUT2D eigenvalue weighted by molar-refractivity contribution is 5.79. The number of aryl methyl sites for hydroxylation is 1. The van der Waals surface area contributed by atoms with Crippen LogP contribution in [0.25, 0.3) is 0 Å². The average Bonchev–Trinajstić information content (AvgIpc) is 3.16. The molecular formula is C16H26N6. The number of aromatic nitrogens is 3. The standard InChI is InChI=1S/C16H26N6/c1-17-16(18-10-9-13-6-3-2-4-7-13)19-12-15-21-20-14-8-5-11-22(14)15/h6H,2-5,7-12H2,1H3,(H2,17,18,19). The topological polar surface area (TPSA) is 67.1 Å². The third-order valence-corrected chi connectivity index (χ3v) is 4.45. The molecule has 120 valence electrons. The molecule has 2 N–H and O–H groups in total. The first-order valence-corrected chi connectivity index (χ1v) is 8.40. The van der Waals surface area contributed by atoms with Crippen LogP contribution in [0.4, 0.5) is 0 Å². The lowest BCUT2D eigenvalue weighted by atomic mass is 9.97. The zero-order valence-corrected chi connectivity index (χ0v) is 13.4. The van der Waals surface area contributed by atoms with Crippen LogP contribution in [0.2, 0.25) is 0 Å². The summed E-state index contributed by atoms with van der Waals surface area (Å²) in [6, 6.07) is 0. The zero-order chi connectivity index (χ0) is 15.2. The summed E-state index contributed by atoms with van der Waals surface area (Å²) in [5, 5.41) is 15.2. The van der Waals surface area contributed by atoms with Gasteiger partial charge in [0.2, 0.25) is 0 Å². The Balaban J connectivity index is 1.43. The summed E-state index contributed by atoms with van der Waals surface area (Å²) in [5.74, 6) is 2.96. The molecule has 0 bridgehead atoms. The Labute approximate surface area is 132 Å². The van der Waals surface area contributed by atoms with Gasteiger partial charge in [0.1, 0.15) is 5.82 Å². The average molecular weight is 302 g/mol. The molecule has 0 atom stereocenters. The number of nitrogens with one attached hydrogen (secondary N) is 2. The van der Waals surface area contributed by atoms with Gasteiger partial charge >= 0.3 is 0 Å². The molecule has 6 nitrogen and oxygen atoms in total. The minimum absolute atomic E-state index is 0.676. The van der Waals surface area contributed by atoms with Crippen molar-refractivity contribution in [2.24, 2.45) is 4.99 Å². The third kappa shape index (κ3) is 3.67. The van der Waals surface area contributed by atoms with Gasteiger partial charge in [0.15, 0.2) is 11.8 Å². The molecule has 1 aliphatic carbocycles. The Morgan fingerprint density at radius 2 is 2.18 bits per heavy atom. The van der Waals surface area contributed by atoms with E-state index in [1.165, 1.54) is 32.1 Å². The second-order valence-corrected chi connectivity index (χ2v) is 6.00. The number of nitrogens with zero attached hydrogens (tertiary/aromatic N) is 4. The van der Waals surface area contributed by atoms with Crippen LogP contribution in [0.1, 0.15) is 50.2 Å². The third-order valence-electron chi connectivity index (χ3n) is 4.45. The molecule has 1 aliphatic heterocycles. The van der Waals surface area contributed by atoms with Crippen LogP contribution in [-0.2, 0) is 19.5 Å². The first-order chi connectivity index (χ1) is 10.9. The summed E-state index contributed by atoms with van der Waals surface area (Å²) < 4.78 is 2.22. The largest absolute Gasteiger partial charge is 0.356 e. The molecule has 0 amide bonds. The van der Waals surface area contributed by atoms with Crippen molar-refractivity contribution in [2.75, 3.05) is 13.6 Å². The number of rotatable bonds is 5. The minimum Gasteiger partial charge on any atom is -0.356 e. The number of hydrogen-bond donors (Lipinski definition) is 2. The van der Waals surface area contributed by atoms with E-state index >= 15 is 0 Å². The van der Waals surface area contributed by atoms with Crippen LogP contribution in [0.15, 0.2) is 16.6 Å². The van der Waals surface area contributed by atoms with Crippen LogP contribution in [0.3, 0.4) is 0 Å². The van der Waals surface area contributed by atoms with Crippen LogP contribution in [0.5, 0.6) is 0 Å². The lowest BCUT2D eigenvalue weighted by Crippen LogP contribution is -2.38. The summed E-state index contributed by atoms with van der Waals surface area (Å²) in [5.41, 5.74) is 1.59. The predicted octanol–water partition coefficient (Wildman–Crippen LogP) is 1.78. The Kier molecular flexibility index (Phi) is 5.08. The van der Waals surface area contributed by atoms with E-state index in [0.717, 1.165) is 43.5 Å². The van der Waals surface area contributed by atoms with Gasteiger partial charge in [-0.2, -0.15) is 0 Å². The van der Waals surface area contributed by atoms with Crippen LogP contribution < -0.4 is 10.6 Å². The van der Waals surface area contributed by atoms with Crippen molar-refractivity contribution in [3.8, 4) is 0 Å². The molecule has 0 spiro atoms. The van der Waals surface area contributed by atoms with E-state index in [-0.39, 0.29) is 0 Å². The zero-order valence-electron chi connectivity index (χ0n) is 13.4. The molecule has 2 heterocycles.